The van der Waals surface area contributed by atoms with Crippen LogP contribution in [-0.4, -0.2) is 32.7 Å². The quantitative estimate of drug-likeness (QED) is 0.346. The fourth-order valence-corrected chi connectivity index (χ4v) is 5.27. The van der Waals surface area contributed by atoms with Crippen LogP contribution in [0.5, 0.6) is 0 Å². The van der Waals surface area contributed by atoms with E-state index in [-0.39, 0.29) is 24.8 Å². The summed E-state index contributed by atoms with van der Waals surface area (Å²) in [6, 6.07) is 15.4. The fraction of sp³-hybridized carbons (Fsp3) is 0.304. The van der Waals surface area contributed by atoms with Crippen LogP contribution >= 0.6 is 22.7 Å². The highest BCUT2D eigenvalue weighted by molar-refractivity contribution is 7.08. The van der Waals surface area contributed by atoms with Crippen LogP contribution in [0.15, 0.2) is 70.1 Å². The molecule has 156 valence electrons. The minimum absolute atomic E-state index is 0. The first-order valence-electron chi connectivity index (χ1n) is 9.89. The molecule has 1 fully saturated rings. The standard InChI is InChI=1S/C23H26N2S2.2ClH/c1-2-6-22(7-3-1)25-14-12-24(13-15-25)11-5-4-8-23(20-9-16-26-18-20)21-10-17-27-19-21;;/h1-3,6-10,16-19H,4-5,11-15H2;2*1H. The summed E-state index contributed by atoms with van der Waals surface area (Å²) < 4.78 is 0. The van der Waals surface area contributed by atoms with Gasteiger partial charge in [-0.05, 0) is 75.3 Å². The first-order chi connectivity index (χ1) is 13.4. The van der Waals surface area contributed by atoms with Crippen molar-refractivity contribution < 1.29 is 34.6 Å². The van der Waals surface area contributed by atoms with E-state index in [0.717, 1.165) is 0 Å². The Morgan fingerprint density at radius 3 is 2.00 bits per heavy atom. The van der Waals surface area contributed by atoms with Crippen molar-refractivity contribution in [2.45, 2.75) is 12.8 Å². The molecule has 0 atom stereocenters. The minimum atomic E-state index is 0. The second kappa shape index (κ2) is 12.5. The highest BCUT2D eigenvalue weighted by Gasteiger charge is 2.23. The lowest BCUT2D eigenvalue weighted by Gasteiger charge is -2.29. The Hall–Kier alpha value is -1.14. The summed E-state index contributed by atoms with van der Waals surface area (Å²) in [6.45, 7) is 6.37. The van der Waals surface area contributed by atoms with Gasteiger partial charge in [0.25, 0.3) is 0 Å². The van der Waals surface area contributed by atoms with E-state index in [1.807, 2.05) is 0 Å². The van der Waals surface area contributed by atoms with E-state index in [1.54, 1.807) is 32.5 Å². The van der Waals surface area contributed by atoms with Gasteiger partial charge >= 0.3 is 0 Å². The van der Waals surface area contributed by atoms with Gasteiger partial charge < -0.3 is 29.7 Å². The molecule has 6 heteroatoms. The molecule has 0 aliphatic carbocycles. The van der Waals surface area contributed by atoms with Crippen LogP contribution in [0.25, 0.3) is 5.57 Å². The Morgan fingerprint density at radius 2 is 1.45 bits per heavy atom. The summed E-state index contributed by atoms with van der Waals surface area (Å²) in [5.41, 5.74) is 5.60. The van der Waals surface area contributed by atoms with Gasteiger partial charge in [0.2, 0.25) is 0 Å². The lowest BCUT2D eigenvalue weighted by Crippen LogP contribution is -3.26. The van der Waals surface area contributed by atoms with Gasteiger partial charge in [-0.15, -0.1) is 0 Å². The molecule has 0 unspecified atom stereocenters. The lowest BCUT2D eigenvalue weighted by atomic mass is 10.0. The molecular weight excluding hydrogens is 439 g/mol. The first-order valence-corrected chi connectivity index (χ1v) is 11.8. The summed E-state index contributed by atoms with van der Waals surface area (Å²) in [5, 5.41) is 8.88. The van der Waals surface area contributed by atoms with Crippen LogP contribution < -0.4 is 34.6 Å². The normalized spacial score (nSPS) is 18.3. The molecule has 1 saturated heterocycles. The third-order valence-corrected chi connectivity index (χ3v) is 6.86. The Balaban J connectivity index is 0.00000150. The molecule has 3 heterocycles. The predicted octanol–water partition coefficient (Wildman–Crippen LogP) is -2.86. The van der Waals surface area contributed by atoms with E-state index in [0.29, 0.717) is 0 Å². The summed E-state index contributed by atoms with van der Waals surface area (Å²) in [7, 11) is 0. The predicted molar refractivity (Wildman–Crippen MR) is 117 cm³/mol. The van der Waals surface area contributed by atoms with E-state index >= 15 is 0 Å². The average molecular weight is 468 g/mol. The second-order valence-corrected chi connectivity index (χ2v) is 8.81. The highest BCUT2D eigenvalue weighted by Crippen LogP contribution is 2.27. The van der Waals surface area contributed by atoms with Crippen LogP contribution in [-0.2, 0) is 0 Å². The molecule has 0 saturated carbocycles. The van der Waals surface area contributed by atoms with Gasteiger partial charge in [-0.2, -0.15) is 22.7 Å². The van der Waals surface area contributed by atoms with Gasteiger partial charge in [0.05, 0.1) is 6.54 Å². The SMILES string of the molecule is C(CCC[NH+]1CC[NH+](c2ccccc2)CC1)=C(c1ccsc1)c1ccsc1.[Cl-].[Cl-]. The summed E-state index contributed by atoms with van der Waals surface area (Å²) in [5.74, 6) is 0. The summed E-state index contributed by atoms with van der Waals surface area (Å²) in [4.78, 5) is 3.42. The molecule has 0 radical (unpaired) electrons. The largest absolute Gasteiger partial charge is 1.00 e. The zero-order valence-electron chi connectivity index (χ0n) is 16.5. The monoisotopic (exact) mass is 466 g/mol. The third kappa shape index (κ3) is 6.68. The van der Waals surface area contributed by atoms with E-state index in [1.165, 1.54) is 68.0 Å². The molecule has 1 aliphatic heterocycles. The topological polar surface area (TPSA) is 8.88 Å². The molecule has 2 nitrogen and oxygen atoms in total. The number of allylic oxidation sites excluding steroid dienone is 1. The number of para-hydroxylation sites is 1. The van der Waals surface area contributed by atoms with E-state index < -0.39 is 0 Å². The molecule has 3 aromatic rings. The number of rotatable bonds is 7. The van der Waals surface area contributed by atoms with Gasteiger partial charge in [0.1, 0.15) is 31.9 Å². The molecule has 0 spiro atoms. The molecule has 0 bridgehead atoms. The van der Waals surface area contributed by atoms with Crippen molar-refractivity contribution >= 4 is 33.9 Å². The van der Waals surface area contributed by atoms with Crippen LogP contribution in [0.3, 0.4) is 0 Å². The maximum atomic E-state index is 2.45. The fourth-order valence-electron chi connectivity index (χ4n) is 3.95. The maximum absolute atomic E-state index is 2.45. The maximum Gasteiger partial charge on any atom is 0.132 e. The first kappa shape index (κ1) is 24.1. The van der Waals surface area contributed by atoms with E-state index in [2.05, 4.69) is 70.1 Å². The minimum Gasteiger partial charge on any atom is -1.00 e. The molecule has 0 amide bonds. The molecule has 2 aromatic heterocycles. The smallest absolute Gasteiger partial charge is 0.132 e. The average Bonchev–Trinajstić information content (AvgIpc) is 3.44. The highest BCUT2D eigenvalue weighted by atomic mass is 35.5. The molecule has 1 aliphatic rings. The van der Waals surface area contributed by atoms with Crippen molar-refractivity contribution in [1.29, 1.82) is 0 Å². The second-order valence-electron chi connectivity index (χ2n) is 7.25. The lowest BCUT2D eigenvalue weighted by molar-refractivity contribution is -0.986. The third-order valence-electron chi connectivity index (χ3n) is 5.49. The van der Waals surface area contributed by atoms with Gasteiger partial charge in [0, 0.05) is 0 Å². The number of nitrogens with one attached hydrogen (secondary N) is 2. The van der Waals surface area contributed by atoms with Crippen LogP contribution in [0.4, 0.5) is 5.69 Å². The number of piperazine rings is 1. The number of benzene rings is 1. The number of unbranched alkanes of at least 4 members (excludes halogenated alkanes) is 1. The van der Waals surface area contributed by atoms with E-state index in [4.69, 9.17) is 0 Å². The van der Waals surface area contributed by atoms with Crippen molar-refractivity contribution in [3.05, 3.63) is 81.2 Å². The van der Waals surface area contributed by atoms with Crippen molar-refractivity contribution in [2.75, 3.05) is 32.7 Å². The number of hydrogen-bond acceptors (Lipinski definition) is 2. The van der Waals surface area contributed by atoms with Gasteiger partial charge in [-0.1, -0.05) is 24.3 Å². The molecule has 29 heavy (non-hydrogen) atoms. The molecular formula is C23H28Cl2N2S2. The molecule has 1 aromatic carbocycles. The number of quaternary nitrogens is 2. The van der Waals surface area contributed by atoms with Gasteiger partial charge in [-0.3, -0.25) is 4.90 Å². The number of thiophene rings is 2. The number of hydrogen-bond donors (Lipinski definition) is 2. The Morgan fingerprint density at radius 1 is 0.828 bits per heavy atom. The van der Waals surface area contributed by atoms with Crippen molar-refractivity contribution in [1.82, 2.24) is 0 Å². The molecule has 2 N–H and O–H groups in total. The van der Waals surface area contributed by atoms with Crippen LogP contribution in [0.1, 0.15) is 24.0 Å². The van der Waals surface area contributed by atoms with Crippen LogP contribution in [0, 0.1) is 0 Å². The zero-order chi connectivity index (χ0) is 18.3. The Labute approximate surface area is 194 Å². The summed E-state index contributed by atoms with van der Waals surface area (Å²) in [6.07, 6.45) is 4.89. The Kier molecular flexibility index (Phi) is 10.4. The Bertz CT molecular complexity index is 789. The van der Waals surface area contributed by atoms with Crippen molar-refractivity contribution in [3.8, 4) is 0 Å². The number of halogens is 2. The van der Waals surface area contributed by atoms with Gasteiger partial charge in [0.15, 0.2) is 0 Å². The molecule has 4 rings (SSSR count). The summed E-state index contributed by atoms with van der Waals surface area (Å²) >= 11 is 3.56. The van der Waals surface area contributed by atoms with Gasteiger partial charge in [-0.25, -0.2) is 0 Å². The zero-order valence-corrected chi connectivity index (χ0v) is 19.6. The van der Waals surface area contributed by atoms with Crippen LogP contribution in [0.2, 0.25) is 0 Å². The van der Waals surface area contributed by atoms with Crippen molar-refractivity contribution in [2.24, 2.45) is 0 Å². The van der Waals surface area contributed by atoms with Crippen molar-refractivity contribution in [3.63, 3.8) is 0 Å². The van der Waals surface area contributed by atoms with E-state index in [9.17, 15) is 0 Å².